The number of benzene rings is 1. The Kier molecular flexibility index (Phi) is 4.72. The summed E-state index contributed by atoms with van der Waals surface area (Å²) in [7, 11) is 0. The maximum atomic E-state index is 11.8. The SMILES string of the molecule is CCOC(Cc1ccc(O)cc1)C(=O)OF. The minimum absolute atomic E-state index is 0.129. The minimum Gasteiger partial charge on any atom is -0.508 e. The summed E-state index contributed by atoms with van der Waals surface area (Å²) in [6.07, 6.45) is -0.754. The van der Waals surface area contributed by atoms with Crippen LogP contribution in [0.5, 0.6) is 5.75 Å². The van der Waals surface area contributed by atoms with Crippen LogP contribution in [0.25, 0.3) is 0 Å². The second kappa shape index (κ2) is 6.07. The average molecular weight is 228 g/mol. The van der Waals surface area contributed by atoms with Crippen molar-refractivity contribution in [1.29, 1.82) is 0 Å². The molecule has 0 spiro atoms. The van der Waals surface area contributed by atoms with Crippen LogP contribution >= 0.6 is 0 Å². The molecule has 1 N–H and O–H groups in total. The summed E-state index contributed by atoms with van der Waals surface area (Å²) in [5.74, 6) is -0.917. The van der Waals surface area contributed by atoms with Gasteiger partial charge in [-0.3, -0.25) is 4.94 Å². The van der Waals surface area contributed by atoms with Crippen molar-refractivity contribution in [3.05, 3.63) is 29.8 Å². The predicted octanol–water partition coefficient (Wildman–Crippen LogP) is 1.77. The third kappa shape index (κ3) is 3.51. The maximum Gasteiger partial charge on any atom is 0.377 e. The fourth-order valence-corrected chi connectivity index (χ4v) is 1.31. The van der Waals surface area contributed by atoms with Crippen LogP contribution in [0.1, 0.15) is 12.5 Å². The molecule has 0 aliphatic rings. The summed E-state index contributed by atoms with van der Waals surface area (Å²) in [6.45, 7) is 1.99. The first kappa shape index (κ1) is 12.4. The van der Waals surface area contributed by atoms with Crippen LogP contribution in [0.2, 0.25) is 0 Å². The molecule has 0 bridgehead atoms. The molecule has 0 radical (unpaired) electrons. The number of phenolic OH excluding ortho intramolecular Hbond substituents is 1. The highest BCUT2D eigenvalue weighted by atomic mass is 19.3. The zero-order valence-electron chi connectivity index (χ0n) is 8.85. The number of ether oxygens (including phenoxy) is 1. The fourth-order valence-electron chi connectivity index (χ4n) is 1.31. The van der Waals surface area contributed by atoms with Gasteiger partial charge in [-0.25, -0.2) is 4.79 Å². The van der Waals surface area contributed by atoms with Crippen LogP contribution < -0.4 is 0 Å². The molecule has 1 atom stereocenters. The predicted molar refractivity (Wildman–Crippen MR) is 54.4 cm³/mol. The Morgan fingerprint density at radius 1 is 1.44 bits per heavy atom. The van der Waals surface area contributed by atoms with Crippen molar-refractivity contribution in [1.82, 2.24) is 0 Å². The van der Waals surface area contributed by atoms with Crippen LogP contribution in [-0.2, 0) is 20.9 Å². The molecule has 0 fully saturated rings. The molecule has 4 nitrogen and oxygen atoms in total. The summed E-state index contributed by atoms with van der Waals surface area (Å²) in [5, 5.41) is 9.07. The lowest BCUT2D eigenvalue weighted by Crippen LogP contribution is -2.27. The molecule has 0 heterocycles. The van der Waals surface area contributed by atoms with E-state index in [9.17, 15) is 9.32 Å². The number of hydrogen-bond donors (Lipinski definition) is 1. The molecule has 0 aromatic heterocycles. The quantitative estimate of drug-likeness (QED) is 0.834. The van der Waals surface area contributed by atoms with Crippen molar-refractivity contribution in [2.75, 3.05) is 6.61 Å². The normalized spacial score (nSPS) is 12.1. The summed E-state index contributed by atoms with van der Waals surface area (Å²) in [4.78, 5) is 14.1. The highest BCUT2D eigenvalue weighted by molar-refractivity contribution is 5.74. The van der Waals surface area contributed by atoms with Gasteiger partial charge in [-0.2, -0.15) is 0 Å². The lowest BCUT2D eigenvalue weighted by molar-refractivity contribution is -0.196. The molecular formula is C11H13FO4. The Morgan fingerprint density at radius 2 is 2.06 bits per heavy atom. The highest BCUT2D eigenvalue weighted by Gasteiger charge is 2.21. The number of hydrogen-bond acceptors (Lipinski definition) is 4. The first-order valence-corrected chi connectivity index (χ1v) is 4.89. The Bertz CT molecular complexity index is 336. The fraction of sp³-hybridized carbons (Fsp3) is 0.364. The molecule has 5 heteroatoms. The number of aromatic hydroxyl groups is 1. The lowest BCUT2D eigenvalue weighted by atomic mass is 10.1. The largest absolute Gasteiger partial charge is 0.508 e. The third-order valence-corrected chi connectivity index (χ3v) is 2.06. The molecule has 16 heavy (non-hydrogen) atoms. The van der Waals surface area contributed by atoms with E-state index in [0.717, 1.165) is 5.56 Å². The van der Waals surface area contributed by atoms with Crippen LogP contribution in [-0.4, -0.2) is 23.8 Å². The first-order valence-electron chi connectivity index (χ1n) is 4.89. The van der Waals surface area contributed by atoms with Crippen LogP contribution in [0, 0.1) is 0 Å². The van der Waals surface area contributed by atoms with Gasteiger partial charge < -0.3 is 9.84 Å². The van der Waals surface area contributed by atoms with Gasteiger partial charge in [0.15, 0.2) is 6.10 Å². The molecule has 0 aliphatic heterocycles. The van der Waals surface area contributed by atoms with E-state index in [1.807, 2.05) is 0 Å². The van der Waals surface area contributed by atoms with Gasteiger partial charge in [-0.05, 0) is 24.6 Å². The van der Waals surface area contributed by atoms with E-state index < -0.39 is 12.1 Å². The van der Waals surface area contributed by atoms with E-state index in [1.165, 1.54) is 12.1 Å². The molecule has 1 aromatic carbocycles. The highest BCUT2D eigenvalue weighted by Crippen LogP contribution is 2.13. The van der Waals surface area contributed by atoms with Crippen molar-refractivity contribution in [2.24, 2.45) is 0 Å². The van der Waals surface area contributed by atoms with Gasteiger partial charge in [-0.15, -0.1) is 0 Å². The third-order valence-electron chi connectivity index (χ3n) is 2.06. The maximum absolute atomic E-state index is 11.8. The molecule has 1 unspecified atom stereocenters. The number of phenols is 1. The zero-order valence-corrected chi connectivity index (χ0v) is 8.85. The molecule has 0 aliphatic carbocycles. The van der Waals surface area contributed by atoms with Crippen LogP contribution in [0.3, 0.4) is 0 Å². The lowest BCUT2D eigenvalue weighted by Gasteiger charge is -2.12. The standard InChI is InChI=1S/C11H13FO4/c1-2-15-10(11(14)16-12)7-8-3-5-9(13)6-4-8/h3-6,10,13H,2,7H2,1H3. The second-order valence-electron chi connectivity index (χ2n) is 3.21. The van der Waals surface area contributed by atoms with E-state index in [4.69, 9.17) is 9.84 Å². The summed E-state index contributed by atoms with van der Waals surface area (Å²) >= 11 is 0. The van der Waals surface area contributed by atoms with Gasteiger partial charge in [0, 0.05) is 17.6 Å². The minimum atomic E-state index is -1.05. The van der Waals surface area contributed by atoms with Crippen molar-refractivity contribution in [3.63, 3.8) is 0 Å². The van der Waals surface area contributed by atoms with Gasteiger partial charge in [0.1, 0.15) is 5.75 Å². The topological polar surface area (TPSA) is 55.8 Å². The van der Waals surface area contributed by atoms with Gasteiger partial charge in [0.05, 0.1) is 0 Å². The Hall–Kier alpha value is -1.62. The molecule has 88 valence electrons. The van der Waals surface area contributed by atoms with E-state index in [0.29, 0.717) is 0 Å². The van der Waals surface area contributed by atoms with Crippen molar-refractivity contribution in [3.8, 4) is 5.75 Å². The zero-order chi connectivity index (χ0) is 12.0. The first-order chi connectivity index (χ1) is 7.67. The second-order valence-corrected chi connectivity index (χ2v) is 3.21. The monoisotopic (exact) mass is 228 g/mol. The molecule has 1 rings (SSSR count). The van der Waals surface area contributed by atoms with Crippen LogP contribution in [0.4, 0.5) is 4.53 Å². The summed E-state index contributed by atoms with van der Waals surface area (Å²) in [6, 6.07) is 6.23. The molecular weight excluding hydrogens is 215 g/mol. The van der Waals surface area contributed by atoms with Crippen molar-refractivity contribution < 1.29 is 24.1 Å². The number of rotatable bonds is 5. The Morgan fingerprint density at radius 3 is 2.56 bits per heavy atom. The van der Waals surface area contributed by atoms with Crippen molar-refractivity contribution >= 4 is 5.97 Å². The number of carbonyl (C=O) groups is 1. The summed E-state index contributed by atoms with van der Waals surface area (Å²) < 4.78 is 16.8. The number of halogens is 1. The van der Waals surface area contributed by atoms with E-state index in [2.05, 4.69) is 4.94 Å². The molecule has 1 aromatic rings. The van der Waals surface area contributed by atoms with Gasteiger partial charge in [-0.1, -0.05) is 12.1 Å². The van der Waals surface area contributed by atoms with Gasteiger partial charge >= 0.3 is 5.97 Å². The Balaban J connectivity index is 2.67. The number of carbonyl (C=O) groups excluding carboxylic acids is 1. The van der Waals surface area contributed by atoms with E-state index in [-0.39, 0.29) is 18.8 Å². The van der Waals surface area contributed by atoms with E-state index in [1.54, 1.807) is 19.1 Å². The van der Waals surface area contributed by atoms with Gasteiger partial charge in [0.25, 0.3) is 0 Å². The molecule has 0 saturated carbocycles. The average Bonchev–Trinajstić information content (AvgIpc) is 2.30. The molecule has 0 saturated heterocycles. The summed E-state index contributed by atoms with van der Waals surface area (Å²) in [5.41, 5.74) is 0.752. The van der Waals surface area contributed by atoms with Gasteiger partial charge in [0.2, 0.25) is 0 Å². The smallest absolute Gasteiger partial charge is 0.377 e. The van der Waals surface area contributed by atoms with Crippen molar-refractivity contribution in [2.45, 2.75) is 19.4 Å². The Labute approximate surface area is 92.5 Å². The van der Waals surface area contributed by atoms with E-state index >= 15 is 0 Å². The van der Waals surface area contributed by atoms with Crippen LogP contribution in [0.15, 0.2) is 24.3 Å². The molecule has 0 amide bonds.